The van der Waals surface area contributed by atoms with E-state index in [0.29, 0.717) is 12.5 Å². The van der Waals surface area contributed by atoms with Gasteiger partial charge in [0, 0.05) is 18.5 Å². The Hall–Kier alpha value is -2.43. The predicted octanol–water partition coefficient (Wildman–Crippen LogP) is 2.31. The van der Waals surface area contributed by atoms with Gasteiger partial charge in [-0.15, -0.1) is 0 Å². The summed E-state index contributed by atoms with van der Waals surface area (Å²) in [6.45, 7) is 4.17. The Morgan fingerprint density at radius 3 is 2.61 bits per heavy atom. The summed E-state index contributed by atoms with van der Waals surface area (Å²) in [6.07, 6.45) is 2.22. The van der Waals surface area contributed by atoms with Gasteiger partial charge in [-0.3, -0.25) is 9.59 Å². The molecule has 0 spiro atoms. The van der Waals surface area contributed by atoms with Gasteiger partial charge < -0.3 is 5.32 Å². The number of amides is 1. The Morgan fingerprint density at radius 2 is 1.96 bits per heavy atom. The third-order valence-corrected chi connectivity index (χ3v) is 4.17. The van der Waals surface area contributed by atoms with Crippen LogP contribution in [0.3, 0.4) is 0 Å². The molecule has 120 valence electrons. The van der Waals surface area contributed by atoms with Gasteiger partial charge in [0.15, 0.2) is 0 Å². The van der Waals surface area contributed by atoms with Crippen LogP contribution in [0, 0.1) is 6.92 Å². The Kier molecular flexibility index (Phi) is 4.28. The molecular formula is C18H21N3O2. The fourth-order valence-electron chi connectivity index (χ4n) is 2.47. The summed E-state index contributed by atoms with van der Waals surface area (Å²) >= 11 is 0. The molecular weight excluding hydrogens is 290 g/mol. The first-order valence-electron chi connectivity index (χ1n) is 7.97. The maximum absolute atomic E-state index is 12.3. The molecule has 0 saturated heterocycles. The molecule has 1 aliphatic rings. The van der Waals surface area contributed by atoms with Crippen LogP contribution in [-0.2, 0) is 11.3 Å². The number of aromatic nitrogens is 2. The van der Waals surface area contributed by atoms with E-state index in [-0.39, 0.29) is 11.5 Å². The molecule has 0 aliphatic heterocycles. The van der Waals surface area contributed by atoms with Crippen molar-refractivity contribution >= 4 is 5.91 Å². The minimum atomic E-state index is -0.619. The van der Waals surface area contributed by atoms with Crippen molar-refractivity contribution in [3.63, 3.8) is 0 Å². The molecule has 1 amide bonds. The van der Waals surface area contributed by atoms with Crippen LogP contribution in [0.15, 0.2) is 41.2 Å². The number of rotatable bonds is 5. The fourth-order valence-corrected chi connectivity index (χ4v) is 2.47. The van der Waals surface area contributed by atoms with E-state index >= 15 is 0 Å². The van der Waals surface area contributed by atoms with Crippen LogP contribution < -0.4 is 10.9 Å². The molecule has 1 aliphatic carbocycles. The number of hydrogen-bond acceptors (Lipinski definition) is 3. The van der Waals surface area contributed by atoms with Crippen LogP contribution in [0.2, 0.25) is 0 Å². The van der Waals surface area contributed by atoms with Crippen LogP contribution in [-0.4, -0.2) is 15.7 Å². The van der Waals surface area contributed by atoms with Gasteiger partial charge in [0.25, 0.3) is 5.56 Å². The van der Waals surface area contributed by atoms with Crippen LogP contribution >= 0.6 is 0 Å². The highest BCUT2D eigenvalue weighted by molar-refractivity contribution is 5.79. The average Bonchev–Trinajstić information content (AvgIpc) is 3.39. The average molecular weight is 311 g/mol. The van der Waals surface area contributed by atoms with Crippen molar-refractivity contribution in [2.45, 2.75) is 45.2 Å². The second-order valence-electron chi connectivity index (χ2n) is 6.19. The van der Waals surface area contributed by atoms with Crippen LogP contribution in [0.25, 0.3) is 0 Å². The first-order chi connectivity index (χ1) is 11.0. The highest BCUT2D eigenvalue weighted by atomic mass is 16.2. The molecule has 2 aromatic rings. The Morgan fingerprint density at radius 1 is 1.26 bits per heavy atom. The van der Waals surface area contributed by atoms with Crippen molar-refractivity contribution in [2.24, 2.45) is 0 Å². The van der Waals surface area contributed by atoms with Crippen molar-refractivity contribution in [3.8, 4) is 0 Å². The van der Waals surface area contributed by atoms with Crippen molar-refractivity contribution < 1.29 is 4.79 Å². The summed E-state index contributed by atoms with van der Waals surface area (Å²) in [4.78, 5) is 24.3. The van der Waals surface area contributed by atoms with E-state index in [1.54, 1.807) is 13.0 Å². The standard InChI is InChI=1S/C18H21N3O2/c1-12-3-5-14(6-4-12)11-19-18(23)13(2)21-17(22)10-9-16(20-21)15-7-8-15/h3-6,9-10,13,15H,7-8,11H2,1-2H3,(H,19,23). The van der Waals surface area contributed by atoms with Gasteiger partial charge in [-0.25, -0.2) is 4.68 Å². The lowest BCUT2D eigenvalue weighted by atomic mass is 10.1. The van der Waals surface area contributed by atoms with E-state index in [1.165, 1.54) is 16.3 Å². The lowest BCUT2D eigenvalue weighted by molar-refractivity contribution is -0.124. The minimum Gasteiger partial charge on any atom is -0.350 e. The highest BCUT2D eigenvalue weighted by Gasteiger charge is 2.27. The molecule has 5 nitrogen and oxygen atoms in total. The SMILES string of the molecule is Cc1ccc(CNC(=O)C(C)n2nc(C3CC3)ccc2=O)cc1. The van der Waals surface area contributed by atoms with Crippen LogP contribution in [0.5, 0.6) is 0 Å². The van der Waals surface area contributed by atoms with E-state index in [0.717, 1.165) is 24.1 Å². The monoisotopic (exact) mass is 311 g/mol. The highest BCUT2D eigenvalue weighted by Crippen LogP contribution is 2.38. The van der Waals surface area contributed by atoms with E-state index in [2.05, 4.69) is 10.4 Å². The maximum Gasteiger partial charge on any atom is 0.267 e. The molecule has 23 heavy (non-hydrogen) atoms. The largest absolute Gasteiger partial charge is 0.350 e. The van der Waals surface area contributed by atoms with Crippen LogP contribution in [0.4, 0.5) is 0 Å². The number of nitrogens with zero attached hydrogens (tertiary/aromatic N) is 2. The summed E-state index contributed by atoms with van der Waals surface area (Å²) < 4.78 is 1.29. The molecule has 5 heteroatoms. The van der Waals surface area contributed by atoms with Gasteiger partial charge in [-0.2, -0.15) is 5.10 Å². The number of nitrogens with one attached hydrogen (secondary N) is 1. The van der Waals surface area contributed by atoms with Crippen molar-refractivity contribution in [1.82, 2.24) is 15.1 Å². The first kappa shape index (κ1) is 15.5. The smallest absolute Gasteiger partial charge is 0.267 e. The van der Waals surface area contributed by atoms with E-state index < -0.39 is 6.04 Å². The normalized spacial score (nSPS) is 15.2. The van der Waals surface area contributed by atoms with Crippen molar-refractivity contribution in [2.75, 3.05) is 0 Å². The quantitative estimate of drug-likeness (QED) is 0.921. The predicted molar refractivity (Wildman–Crippen MR) is 88.2 cm³/mol. The zero-order chi connectivity index (χ0) is 16.4. The molecule has 0 radical (unpaired) electrons. The van der Waals surface area contributed by atoms with E-state index in [4.69, 9.17) is 0 Å². The molecule has 1 N–H and O–H groups in total. The summed E-state index contributed by atoms with van der Waals surface area (Å²) in [5.74, 6) is 0.248. The van der Waals surface area contributed by atoms with Crippen molar-refractivity contribution in [3.05, 3.63) is 63.6 Å². The van der Waals surface area contributed by atoms with Gasteiger partial charge in [0.05, 0.1) is 5.69 Å². The maximum atomic E-state index is 12.3. The third-order valence-electron chi connectivity index (χ3n) is 4.17. The lowest BCUT2D eigenvalue weighted by Crippen LogP contribution is -2.37. The fraction of sp³-hybridized carbons (Fsp3) is 0.389. The lowest BCUT2D eigenvalue weighted by Gasteiger charge is -2.15. The zero-order valence-electron chi connectivity index (χ0n) is 13.5. The molecule has 1 heterocycles. The number of benzene rings is 1. The summed E-state index contributed by atoms with van der Waals surface area (Å²) in [7, 11) is 0. The number of carbonyl (C=O) groups is 1. The molecule has 1 unspecified atom stereocenters. The molecule has 0 bridgehead atoms. The Bertz CT molecular complexity index is 761. The number of hydrogen-bond donors (Lipinski definition) is 1. The Labute approximate surface area is 135 Å². The minimum absolute atomic E-state index is 0.201. The summed E-state index contributed by atoms with van der Waals surface area (Å²) in [5, 5.41) is 7.23. The van der Waals surface area contributed by atoms with Gasteiger partial charge in [-0.05, 0) is 38.3 Å². The van der Waals surface area contributed by atoms with Gasteiger partial charge in [0.2, 0.25) is 5.91 Å². The molecule has 1 aromatic carbocycles. The number of carbonyl (C=O) groups excluding carboxylic acids is 1. The van der Waals surface area contributed by atoms with Gasteiger partial charge in [-0.1, -0.05) is 29.8 Å². The zero-order valence-corrected chi connectivity index (χ0v) is 13.5. The molecule has 1 fully saturated rings. The van der Waals surface area contributed by atoms with Gasteiger partial charge >= 0.3 is 0 Å². The molecule has 1 saturated carbocycles. The number of aryl methyl sites for hydroxylation is 1. The third kappa shape index (κ3) is 3.67. The van der Waals surface area contributed by atoms with Crippen LogP contribution in [0.1, 0.15) is 48.5 Å². The van der Waals surface area contributed by atoms with E-state index in [1.807, 2.05) is 31.2 Å². The van der Waals surface area contributed by atoms with E-state index in [9.17, 15) is 9.59 Å². The summed E-state index contributed by atoms with van der Waals surface area (Å²) in [5.41, 5.74) is 2.87. The molecule has 3 rings (SSSR count). The second-order valence-corrected chi connectivity index (χ2v) is 6.19. The molecule has 1 atom stereocenters. The first-order valence-corrected chi connectivity index (χ1v) is 7.97. The van der Waals surface area contributed by atoms with Gasteiger partial charge in [0.1, 0.15) is 6.04 Å². The topological polar surface area (TPSA) is 64.0 Å². The molecule has 1 aromatic heterocycles. The Balaban J connectivity index is 1.68. The summed E-state index contributed by atoms with van der Waals surface area (Å²) in [6, 6.07) is 10.6. The second kappa shape index (κ2) is 6.36. The van der Waals surface area contributed by atoms with Crippen molar-refractivity contribution in [1.29, 1.82) is 0 Å².